The molecule has 0 spiro atoms. The standard InChI is InChI=1S/C12H14N6O2/c13-9-5-20-4-8(9)12(19)17-10-2-1-3-15-11(10)18-7-14-6-16-18/h1-3,6-9H,4-5,13H2,(H,17,19). The van der Waals surface area contributed by atoms with Gasteiger partial charge in [0.2, 0.25) is 5.91 Å². The van der Waals surface area contributed by atoms with Gasteiger partial charge >= 0.3 is 0 Å². The van der Waals surface area contributed by atoms with E-state index in [2.05, 4.69) is 20.4 Å². The van der Waals surface area contributed by atoms with Crippen LogP contribution in [0.15, 0.2) is 31.0 Å². The minimum Gasteiger partial charge on any atom is -0.379 e. The lowest BCUT2D eigenvalue weighted by molar-refractivity contribution is -0.120. The molecule has 20 heavy (non-hydrogen) atoms. The third-order valence-corrected chi connectivity index (χ3v) is 3.14. The second-order valence-electron chi connectivity index (χ2n) is 4.51. The molecule has 1 amide bonds. The average molecular weight is 274 g/mol. The molecule has 8 heteroatoms. The first kappa shape index (κ1) is 12.7. The van der Waals surface area contributed by atoms with Crippen LogP contribution in [-0.2, 0) is 9.53 Å². The van der Waals surface area contributed by atoms with Crippen molar-refractivity contribution < 1.29 is 9.53 Å². The zero-order valence-electron chi connectivity index (χ0n) is 10.6. The lowest BCUT2D eigenvalue weighted by atomic mass is 10.0. The minimum absolute atomic E-state index is 0.177. The highest BCUT2D eigenvalue weighted by Gasteiger charge is 2.31. The van der Waals surface area contributed by atoms with Crippen molar-refractivity contribution >= 4 is 11.6 Å². The van der Waals surface area contributed by atoms with Gasteiger partial charge in [-0.15, -0.1) is 0 Å². The molecule has 1 aliphatic rings. The molecule has 0 saturated carbocycles. The maximum absolute atomic E-state index is 12.2. The largest absolute Gasteiger partial charge is 0.379 e. The summed E-state index contributed by atoms with van der Waals surface area (Å²) in [5, 5.41) is 6.83. The number of nitrogens with one attached hydrogen (secondary N) is 1. The van der Waals surface area contributed by atoms with E-state index in [1.807, 2.05) is 0 Å². The summed E-state index contributed by atoms with van der Waals surface area (Å²) < 4.78 is 6.69. The average Bonchev–Trinajstić information content (AvgIpc) is 3.10. The number of rotatable bonds is 3. The van der Waals surface area contributed by atoms with Crippen LogP contribution in [0.2, 0.25) is 0 Å². The predicted octanol–water partition coefficient (Wildman–Crippen LogP) is -0.426. The third-order valence-electron chi connectivity index (χ3n) is 3.14. The fourth-order valence-electron chi connectivity index (χ4n) is 2.06. The van der Waals surface area contributed by atoms with Gasteiger partial charge in [-0.1, -0.05) is 0 Å². The van der Waals surface area contributed by atoms with E-state index in [0.29, 0.717) is 24.7 Å². The highest BCUT2D eigenvalue weighted by molar-refractivity contribution is 5.94. The minimum atomic E-state index is -0.348. The Labute approximate surface area is 115 Å². The van der Waals surface area contributed by atoms with Crippen molar-refractivity contribution in [1.29, 1.82) is 0 Å². The molecule has 104 valence electrons. The van der Waals surface area contributed by atoms with Crippen molar-refractivity contribution in [2.45, 2.75) is 6.04 Å². The molecule has 0 aromatic carbocycles. The second-order valence-corrected chi connectivity index (χ2v) is 4.51. The summed E-state index contributed by atoms with van der Waals surface area (Å²) >= 11 is 0. The van der Waals surface area contributed by atoms with Gasteiger partial charge in [0.15, 0.2) is 5.82 Å². The molecule has 1 saturated heterocycles. The Morgan fingerprint density at radius 1 is 1.50 bits per heavy atom. The molecule has 3 rings (SSSR count). The van der Waals surface area contributed by atoms with Gasteiger partial charge in [0.25, 0.3) is 0 Å². The van der Waals surface area contributed by atoms with Crippen LogP contribution in [0.4, 0.5) is 5.69 Å². The molecular weight excluding hydrogens is 260 g/mol. The summed E-state index contributed by atoms with van der Waals surface area (Å²) in [6.07, 6.45) is 4.54. The smallest absolute Gasteiger partial charge is 0.231 e. The third kappa shape index (κ3) is 2.38. The Hall–Kier alpha value is -2.32. The zero-order valence-corrected chi connectivity index (χ0v) is 10.6. The van der Waals surface area contributed by atoms with E-state index in [1.54, 1.807) is 18.3 Å². The first-order chi connectivity index (χ1) is 9.75. The Bertz CT molecular complexity index is 600. The van der Waals surface area contributed by atoms with Gasteiger partial charge in [-0.05, 0) is 12.1 Å². The van der Waals surface area contributed by atoms with Gasteiger partial charge in [0.1, 0.15) is 12.7 Å². The topological polar surface area (TPSA) is 108 Å². The fraction of sp³-hybridized carbons (Fsp3) is 0.333. The summed E-state index contributed by atoms with van der Waals surface area (Å²) in [6.45, 7) is 0.743. The molecule has 3 N–H and O–H groups in total. The zero-order chi connectivity index (χ0) is 13.9. The van der Waals surface area contributed by atoms with Gasteiger partial charge in [-0.2, -0.15) is 5.10 Å². The second kappa shape index (κ2) is 5.35. The quantitative estimate of drug-likeness (QED) is 0.786. The van der Waals surface area contributed by atoms with E-state index in [-0.39, 0.29) is 17.9 Å². The molecule has 1 fully saturated rings. The molecule has 0 bridgehead atoms. The van der Waals surface area contributed by atoms with Crippen molar-refractivity contribution in [2.24, 2.45) is 11.7 Å². The molecule has 0 aliphatic carbocycles. The first-order valence-corrected chi connectivity index (χ1v) is 6.20. The van der Waals surface area contributed by atoms with Crippen LogP contribution in [0.1, 0.15) is 0 Å². The van der Waals surface area contributed by atoms with E-state index < -0.39 is 0 Å². The maximum Gasteiger partial charge on any atom is 0.231 e. The lowest BCUT2D eigenvalue weighted by Crippen LogP contribution is -2.37. The lowest BCUT2D eigenvalue weighted by Gasteiger charge is -2.14. The molecule has 3 heterocycles. The van der Waals surface area contributed by atoms with Crippen molar-refractivity contribution in [1.82, 2.24) is 19.7 Å². The molecule has 1 aliphatic heterocycles. The number of amides is 1. The molecule has 2 unspecified atom stereocenters. The van der Waals surface area contributed by atoms with Crippen molar-refractivity contribution in [3.05, 3.63) is 31.0 Å². The fourth-order valence-corrected chi connectivity index (χ4v) is 2.06. The number of aromatic nitrogens is 4. The highest BCUT2D eigenvalue weighted by atomic mass is 16.5. The summed E-state index contributed by atoms with van der Waals surface area (Å²) in [7, 11) is 0. The van der Waals surface area contributed by atoms with Gasteiger partial charge in [0.05, 0.1) is 24.8 Å². The van der Waals surface area contributed by atoms with E-state index >= 15 is 0 Å². The van der Waals surface area contributed by atoms with Crippen LogP contribution in [0.25, 0.3) is 5.82 Å². The van der Waals surface area contributed by atoms with Crippen LogP contribution in [0, 0.1) is 5.92 Å². The predicted molar refractivity (Wildman–Crippen MR) is 70.1 cm³/mol. The van der Waals surface area contributed by atoms with Crippen molar-refractivity contribution in [3.8, 4) is 5.82 Å². The molecule has 8 nitrogen and oxygen atoms in total. The number of hydrogen-bond donors (Lipinski definition) is 2. The van der Waals surface area contributed by atoms with Gasteiger partial charge < -0.3 is 15.8 Å². The van der Waals surface area contributed by atoms with Gasteiger partial charge in [-0.3, -0.25) is 4.79 Å². The van der Waals surface area contributed by atoms with Crippen molar-refractivity contribution in [3.63, 3.8) is 0 Å². The molecule has 0 radical (unpaired) electrons. The van der Waals surface area contributed by atoms with Crippen LogP contribution in [0.3, 0.4) is 0 Å². The molecule has 2 aromatic rings. The Kier molecular flexibility index (Phi) is 3.40. The number of anilines is 1. The van der Waals surface area contributed by atoms with Crippen molar-refractivity contribution in [2.75, 3.05) is 18.5 Å². The molecule has 2 aromatic heterocycles. The normalized spacial score (nSPS) is 21.9. The van der Waals surface area contributed by atoms with Crippen LogP contribution >= 0.6 is 0 Å². The summed E-state index contributed by atoms with van der Waals surface area (Å²) in [6, 6.07) is 3.21. The summed E-state index contributed by atoms with van der Waals surface area (Å²) in [5.74, 6) is -0.0194. The van der Waals surface area contributed by atoms with Crippen LogP contribution in [-0.4, -0.2) is 44.9 Å². The summed E-state index contributed by atoms with van der Waals surface area (Å²) in [5.41, 5.74) is 6.39. The number of nitrogens with zero attached hydrogens (tertiary/aromatic N) is 4. The van der Waals surface area contributed by atoms with E-state index in [9.17, 15) is 4.79 Å². The number of pyridine rings is 1. The number of carbonyl (C=O) groups is 1. The molecule has 2 atom stereocenters. The number of nitrogens with two attached hydrogens (primary N) is 1. The Balaban J connectivity index is 1.83. The SMILES string of the molecule is NC1COCC1C(=O)Nc1cccnc1-n1cncn1. The van der Waals surface area contributed by atoms with Crippen LogP contribution < -0.4 is 11.1 Å². The number of ether oxygens (including phenoxy) is 1. The Morgan fingerprint density at radius 3 is 3.10 bits per heavy atom. The highest BCUT2D eigenvalue weighted by Crippen LogP contribution is 2.19. The number of carbonyl (C=O) groups excluding carboxylic acids is 1. The monoisotopic (exact) mass is 274 g/mol. The van der Waals surface area contributed by atoms with E-state index in [0.717, 1.165) is 0 Å². The number of hydrogen-bond acceptors (Lipinski definition) is 6. The molecular formula is C12H14N6O2. The summed E-state index contributed by atoms with van der Waals surface area (Å²) in [4.78, 5) is 20.3. The van der Waals surface area contributed by atoms with Gasteiger partial charge in [-0.25, -0.2) is 14.6 Å². The Morgan fingerprint density at radius 2 is 2.40 bits per heavy atom. The maximum atomic E-state index is 12.2. The van der Waals surface area contributed by atoms with Crippen LogP contribution in [0.5, 0.6) is 0 Å². The van der Waals surface area contributed by atoms with E-state index in [4.69, 9.17) is 10.5 Å². The first-order valence-electron chi connectivity index (χ1n) is 6.20. The van der Waals surface area contributed by atoms with E-state index in [1.165, 1.54) is 17.3 Å². The van der Waals surface area contributed by atoms with Gasteiger partial charge in [0, 0.05) is 12.2 Å².